The van der Waals surface area contributed by atoms with Gasteiger partial charge in [-0.1, -0.05) is 35.9 Å². The van der Waals surface area contributed by atoms with Crippen LogP contribution in [0.15, 0.2) is 42.5 Å². The van der Waals surface area contributed by atoms with Crippen LogP contribution < -0.4 is 10.5 Å². The molecule has 0 atom stereocenters. The molecule has 0 fully saturated rings. The lowest BCUT2D eigenvalue weighted by Gasteiger charge is -2.08. The first-order valence-corrected chi connectivity index (χ1v) is 5.90. The normalized spacial score (nSPS) is 10.4. The predicted octanol–water partition coefficient (Wildman–Crippen LogP) is 3.14. The molecule has 0 radical (unpaired) electrons. The van der Waals surface area contributed by atoms with E-state index in [0.29, 0.717) is 13.2 Å². The van der Waals surface area contributed by atoms with Crippen LogP contribution in [0, 0.1) is 12.7 Å². The summed E-state index contributed by atoms with van der Waals surface area (Å²) >= 11 is 0. The molecule has 0 amide bonds. The molecule has 2 aromatic rings. The number of halogens is 1. The molecule has 0 aliphatic heterocycles. The van der Waals surface area contributed by atoms with Gasteiger partial charge >= 0.3 is 0 Å². The third-order valence-electron chi connectivity index (χ3n) is 2.66. The first-order valence-electron chi connectivity index (χ1n) is 5.90. The summed E-state index contributed by atoms with van der Waals surface area (Å²) in [7, 11) is 0. The van der Waals surface area contributed by atoms with E-state index in [0.717, 1.165) is 16.7 Å². The Bertz CT molecular complexity index is 540. The van der Waals surface area contributed by atoms with Gasteiger partial charge in [-0.2, -0.15) is 0 Å². The van der Waals surface area contributed by atoms with Crippen LogP contribution in [0.5, 0.6) is 5.75 Å². The van der Waals surface area contributed by atoms with Gasteiger partial charge in [0.25, 0.3) is 0 Å². The second-order valence-electron chi connectivity index (χ2n) is 4.15. The number of nitrogens with two attached hydrogens (primary N) is 1. The predicted molar refractivity (Wildman–Crippen MR) is 71.1 cm³/mol. The highest BCUT2D eigenvalue weighted by atomic mass is 19.1. The molecule has 18 heavy (non-hydrogen) atoms. The number of ether oxygens (including phenoxy) is 1. The molecule has 0 saturated carbocycles. The average Bonchev–Trinajstić information content (AvgIpc) is 2.37. The van der Waals surface area contributed by atoms with Crippen molar-refractivity contribution in [3.8, 4) is 16.9 Å². The van der Waals surface area contributed by atoms with Crippen LogP contribution in [0.25, 0.3) is 11.1 Å². The molecule has 2 N–H and O–H groups in total. The van der Waals surface area contributed by atoms with Gasteiger partial charge in [-0.25, -0.2) is 4.39 Å². The third kappa shape index (κ3) is 2.87. The summed E-state index contributed by atoms with van der Waals surface area (Å²) in [4.78, 5) is 0. The molecular weight excluding hydrogens is 229 g/mol. The van der Waals surface area contributed by atoms with Crippen molar-refractivity contribution >= 4 is 0 Å². The molecule has 2 nitrogen and oxygen atoms in total. The van der Waals surface area contributed by atoms with E-state index in [4.69, 9.17) is 10.5 Å². The molecule has 0 saturated heterocycles. The van der Waals surface area contributed by atoms with E-state index in [9.17, 15) is 4.39 Å². The highest BCUT2D eigenvalue weighted by Gasteiger charge is 2.06. The summed E-state index contributed by atoms with van der Waals surface area (Å²) in [5, 5.41) is 0. The Morgan fingerprint density at radius 1 is 1.11 bits per heavy atom. The van der Waals surface area contributed by atoms with Gasteiger partial charge in [0, 0.05) is 6.54 Å². The largest absolute Gasteiger partial charge is 0.489 e. The van der Waals surface area contributed by atoms with Crippen molar-refractivity contribution in [1.82, 2.24) is 0 Å². The van der Waals surface area contributed by atoms with E-state index >= 15 is 0 Å². The summed E-state index contributed by atoms with van der Waals surface area (Å²) in [5.41, 5.74) is 8.31. The molecule has 3 heteroatoms. The Balaban J connectivity index is 2.28. The number of hydrogen-bond donors (Lipinski definition) is 1. The number of benzene rings is 2. The molecule has 0 unspecified atom stereocenters. The van der Waals surface area contributed by atoms with Crippen LogP contribution in [0.1, 0.15) is 5.56 Å². The van der Waals surface area contributed by atoms with Gasteiger partial charge in [-0.3, -0.25) is 0 Å². The second-order valence-corrected chi connectivity index (χ2v) is 4.15. The van der Waals surface area contributed by atoms with Gasteiger partial charge in [0.05, 0.1) is 0 Å². The summed E-state index contributed by atoms with van der Waals surface area (Å²) in [6.45, 7) is 2.71. The first-order chi connectivity index (χ1) is 8.70. The smallest absolute Gasteiger partial charge is 0.165 e. The Morgan fingerprint density at radius 3 is 2.56 bits per heavy atom. The molecule has 0 heterocycles. The minimum atomic E-state index is -0.359. The summed E-state index contributed by atoms with van der Waals surface area (Å²) < 4.78 is 19.0. The van der Waals surface area contributed by atoms with Crippen molar-refractivity contribution in [1.29, 1.82) is 0 Å². The van der Waals surface area contributed by atoms with Crippen molar-refractivity contribution in [2.24, 2.45) is 5.73 Å². The maximum Gasteiger partial charge on any atom is 0.165 e. The zero-order chi connectivity index (χ0) is 13.0. The molecule has 2 rings (SSSR count). The molecule has 2 aromatic carbocycles. The summed E-state index contributed by atoms with van der Waals surface area (Å²) in [6.07, 6.45) is 0. The Morgan fingerprint density at radius 2 is 1.89 bits per heavy atom. The van der Waals surface area contributed by atoms with E-state index in [1.165, 1.54) is 6.07 Å². The molecule has 0 aromatic heterocycles. The zero-order valence-electron chi connectivity index (χ0n) is 10.3. The van der Waals surface area contributed by atoms with Crippen molar-refractivity contribution < 1.29 is 9.13 Å². The third-order valence-corrected chi connectivity index (χ3v) is 2.66. The van der Waals surface area contributed by atoms with Gasteiger partial charge in [-0.15, -0.1) is 0 Å². The highest BCUT2D eigenvalue weighted by molar-refractivity contribution is 5.65. The minimum Gasteiger partial charge on any atom is -0.489 e. The highest BCUT2D eigenvalue weighted by Crippen LogP contribution is 2.26. The summed E-state index contributed by atoms with van der Waals surface area (Å²) in [6, 6.07) is 12.9. The zero-order valence-corrected chi connectivity index (χ0v) is 10.3. The van der Waals surface area contributed by atoms with Crippen molar-refractivity contribution in [2.75, 3.05) is 13.2 Å². The molecule has 0 bridgehead atoms. The standard InChI is InChI=1S/C15H16FNO/c1-11-3-2-4-12(9-11)13-5-6-15(14(16)10-13)18-8-7-17/h2-6,9-10H,7-8,17H2,1H3. The van der Waals surface area contributed by atoms with Crippen LogP contribution in [-0.2, 0) is 0 Å². The van der Waals surface area contributed by atoms with Crippen molar-refractivity contribution in [3.05, 3.63) is 53.8 Å². The molecule has 94 valence electrons. The van der Waals surface area contributed by atoms with E-state index < -0.39 is 0 Å². The van der Waals surface area contributed by atoms with Crippen LogP contribution in [0.3, 0.4) is 0 Å². The Hall–Kier alpha value is -1.87. The minimum absolute atomic E-state index is 0.247. The fourth-order valence-electron chi connectivity index (χ4n) is 1.79. The van der Waals surface area contributed by atoms with E-state index in [1.54, 1.807) is 6.07 Å². The number of rotatable bonds is 4. The van der Waals surface area contributed by atoms with Gasteiger partial charge in [0.15, 0.2) is 11.6 Å². The molecule has 0 spiro atoms. The van der Waals surface area contributed by atoms with Crippen LogP contribution in [-0.4, -0.2) is 13.2 Å². The SMILES string of the molecule is Cc1cccc(-c2ccc(OCCN)c(F)c2)c1. The number of aryl methyl sites for hydroxylation is 1. The van der Waals surface area contributed by atoms with Gasteiger partial charge in [0.2, 0.25) is 0 Å². The maximum atomic E-state index is 13.8. The van der Waals surface area contributed by atoms with E-state index in [-0.39, 0.29) is 11.6 Å². The lowest BCUT2D eigenvalue weighted by Crippen LogP contribution is -2.11. The van der Waals surface area contributed by atoms with E-state index in [1.807, 2.05) is 37.3 Å². The fraction of sp³-hybridized carbons (Fsp3) is 0.200. The van der Waals surface area contributed by atoms with E-state index in [2.05, 4.69) is 0 Å². The number of hydrogen-bond acceptors (Lipinski definition) is 2. The van der Waals surface area contributed by atoms with Crippen molar-refractivity contribution in [3.63, 3.8) is 0 Å². The molecule has 0 aliphatic rings. The molecular formula is C15H16FNO. The summed E-state index contributed by atoms with van der Waals surface area (Å²) in [5.74, 6) is -0.112. The molecule has 0 aliphatic carbocycles. The Kier molecular flexibility index (Phi) is 3.95. The maximum absolute atomic E-state index is 13.8. The monoisotopic (exact) mass is 245 g/mol. The van der Waals surface area contributed by atoms with Crippen molar-refractivity contribution in [2.45, 2.75) is 6.92 Å². The van der Waals surface area contributed by atoms with Crippen LogP contribution in [0.2, 0.25) is 0 Å². The average molecular weight is 245 g/mol. The van der Waals surface area contributed by atoms with Crippen LogP contribution in [0.4, 0.5) is 4.39 Å². The van der Waals surface area contributed by atoms with Gasteiger partial charge in [-0.05, 0) is 30.2 Å². The quantitative estimate of drug-likeness (QED) is 0.898. The van der Waals surface area contributed by atoms with Crippen LogP contribution >= 0.6 is 0 Å². The second kappa shape index (κ2) is 5.65. The lowest BCUT2D eigenvalue weighted by molar-refractivity contribution is 0.311. The van der Waals surface area contributed by atoms with Gasteiger partial charge in [0.1, 0.15) is 6.61 Å². The van der Waals surface area contributed by atoms with Gasteiger partial charge < -0.3 is 10.5 Å². The fourth-order valence-corrected chi connectivity index (χ4v) is 1.79. The lowest BCUT2D eigenvalue weighted by atomic mass is 10.0. The first kappa shape index (κ1) is 12.6. The Labute approximate surface area is 106 Å². The topological polar surface area (TPSA) is 35.2 Å².